The summed E-state index contributed by atoms with van der Waals surface area (Å²) >= 11 is 0. The van der Waals surface area contributed by atoms with E-state index < -0.39 is 32.7 Å². The second-order valence-corrected chi connectivity index (χ2v) is 6.90. The zero-order valence-corrected chi connectivity index (χ0v) is 11.9. The lowest BCUT2D eigenvalue weighted by Crippen LogP contribution is -2.36. The number of benzene rings is 1. The average Bonchev–Trinajstić information content (AvgIpc) is 2.36. The molecule has 0 aliphatic rings. The molecule has 1 aromatic rings. The molecule has 1 aromatic carbocycles. The molecule has 0 aliphatic carbocycles. The number of carbonyl (C=O) groups is 1. The van der Waals surface area contributed by atoms with Crippen molar-refractivity contribution in [2.45, 2.75) is 18.7 Å². The van der Waals surface area contributed by atoms with Crippen molar-refractivity contribution in [1.29, 1.82) is 0 Å². The van der Waals surface area contributed by atoms with Gasteiger partial charge in [-0.15, -0.1) is 0 Å². The van der Waals surface area contributed by atoms with E-state index in [1.54, 1.807) is 13.8 Å². The molecule has 112 valence electrons. The first-order valence-corrected chi connectivity index (χ1v) is 7.24. The summed E-state index contributed by atoms with van der Waals surface area (Å²) in [4.78, 5) is 10.6. The Morgan fingerprint density at radius 1 is 1.35 bits per heavy atom. The maximum Gasteiger partial charge on any atom is 0.339 e. The van der Waals surface area contributed by atoms with Gasteiger partial charge in [-0.1, -0.05) is 13.8 Å². The molecule has 0 bridgehead atoms. The molecule has 1 rings (SSSR count). The smallest absolute Gasteiger partial charge is 0.339 e. The lowest BCUT2D eigenvalue weighted by molar-refractivity contribution is 0.0693. The van der Waals surface area contributed by atoms with E-state index in [1.807, 2.05) is 0 Å². The van der Waals surface area contributed by atoms with Crippen molar-refractivity contribution in [3.8, 4) is 5.75 Å². The lowest BCUT2D eigenvalue weighted by atomic mass is 9.96. The molecule has 0 amide bonds. The quantitative estimate of drug-likeness (QED) is 0.602. The third kappa shape index (κ3) is 3.92. The van der Waals surface area contributed by atoms with E-state index in [0.717, 1.165) is 18.2 Å². The summed E-state index contributed by atoms with van der Waals surface area (Å²) in [5, 5.41) is 27.3. The SMILES string of the molecule is CC(C)(CO)CNS(=O)(=O)c1ccc(O)c(C(=O)O)c1. The van der Waals surface area contributed by atoms with Gasteiger partial charge < -0.3 is 15.3 Å². The van der Waals surface area contributed by atoms with Crippen molar-refractivity contribution in [2.24, 2.45) is 5.41 Å². The molecule has 0 saturated carbocycles. The van der Waals surface area contributed by atoms with E-state index in [0.29, 0.717) is 0 Å². The van der Waals surface area contributed by atoms with Crippen LogP contribution in [0.3, 0.4) is 0 Å². The summed E-state index contributed by atoms with van der Waals surface area (Å²) in [6, 6.07) is 3.00. The number of carboxylic acid groups (broad SMARTS) is 1. The molecular formula is C12H17NO6S. The molecule has 0 saturated heterocycles. The van der Waals surface area contributed by atoms with Crippen LogP contribution in [0.1, 0.15) is 24.2 Å². The van der Waals surface area contributed by atoms with E-state index in [2.05, 4.69) is 4.72 Å². The van der Waals surface area contributed by atoms with Crippen LogP contribution in [-0.4, -0.2) is 42.9 Å². The van der Waals surface area contributed by atoms with Gasteiger partial charge in [-0.3, -0.25) is 0 Å². The Hall–Kier alpha value is -1.64. The molecule has 0 radical (unpaired) electrons. The van der Waals surface area contributed by atoms with Crippen LogP contribution >= 0.6 is 0 Å². The summed E-state index contributed by atoms with van der Waals surface area (Å²) < 4.78 is 26.3. The lowest BCUT2D eigenvalue weighted by Gasteiger charge is -2.21. The monoisotopic (exact) mass is 303 g/mol. The second-order valence-electron chi connectivity index (χ2n) is 5.13. The van der Waals surface area contributed by atoms with Gasteiger partial charge in [0.05, 0.1) is 4.90 Å². The first-order valence-electron chi connectivity index (χ1n) is 5.76. The van der Waals surface area contributed by atoms with Crippen LogP contribution in [0.25, 0.3) is 0 Å². The van der Waals surface area contributed by atoms with Gasteiger partial charge in [0.15, 0.2) is 0 Å². The highest BCUT2D eigenvalue weighted by Crippen LogP contribution is 2.22. The van der Waals surface area contributed by atoms with Gasteiger partial charge in [-0.25, -0.2) is 17.9 Å². The van der Waals surface area contributed by atoms with Crippen LogP contribution < -0.4 is 4.72 Å². The number of hydrogen-bond donors (Lipinski definition) is 4. The van der Waals surface area contributed by atoms with Crippen molar-refractivity contribution in [3.05, 3.63) is 23.8 Å². The normalized spacial score (nSPS) is 12.3. The highest BCUT2D eigenvalue weighted by Gasteiger charge is 2.23. The number of aromatic hydroxyl groups is 1. The first-order chi connectivity index (χ1) is 9.09. The Balaban J connectivity index is 3.05. The molecule has 4 N–H and O–H groups in total. The Morgan fingerprint density at radius 3 is 2.45 bits per heavy atom. The van der Waals surface area contributed by atoms with Crippen molar-refractivity contribution in [1.82, 2.24) is 4.72 Å². The van der Waals surface area contributed by atoms with Crippen LogP contribution in [0.2, 0.25) is 0 Å². The summed E-state index contributed by atoms with van der Waals surface area (Å²) in [6.07, 6.45) is 0. The standard InChI is InChI=1S/C12H17NO6S/c1-12(2,7-14)6-13-20(18,19)8-3-4-10(15)9(5-8)11(16)17/h3-5,13-15H,6-7H2,1-2H3,(H,16,17). The van der Waals surface area contributed by atoms with Gasteiger partial charge in [0.25, 0.3) is 0 Å². The predicted molar refractivity (Wildman–Crippen MR) is 71.1 cm³/mol. The minimum absolute atomic E-state index is 0.00485. The van der Waals surface area contributed by atoms with Crippen molar-refractivity contribution >= 4 is 16.0 Å². The highest BCUT2D eigenvalue weighted by atomic mass is 32.2. The van der Waals surface area contributed by atoms with E-state index in [-0.39, 0.29) is 18.0 Å². The van der Waals surface area contributed by atoms with E-state index in [9.17, 15) is 18.3 Å². The number of carboxylic acids is 1. The molecule has 0 aliphatic heterocycles. The number of hydrogen-bond acceptors (Lipinski definition) is 5. The number of sulfonamides is 1. The molecule has 0 unspecified atom stereocenters. The number of phenols is 1. The maximum absolute atomic E-state index is 12.0. The molecule has 20 heavy (non-hydrogen) atoms. The van der Waals surface area contributed by atoms with E-state index in [4.69, 9.17) is 10.2 Å². The van der Waals surface area contributed by atoms with Crippen LogP contribution in [0.15, 0.2) is 23.1 Å². The van der Waals surface area contributed by atoms with Gasteiger partial charge in [-0.05, 0) is 18.2 Å². The Morgan fingerprint density at radius 2 is 1.95 bits per heavy atom. The van der Waals surface area contributed by atoms with Crippen LogP contribution in [-0.2, 0) is 10.0 Å². The minimum atomic E-state index is -3.91. The summed E-state index contributed by atoms with van der Waals surface area (Å²) in [6.45, 7) is 3.14. The Bertz CT molecular complexity index is 608. The van der Waals surface area contributed by atoms with Gasteiger partial charge in [0.2, 0.25) is 10.0 Å². The number of aliphatic hydroxyl groups is 1. The topological polar surface area (TPSA) is 124 Å². The van der Waals surface area contributed by atoms with Crippen molar-refractivity contribution in [2.75, 3.05) is 13.2 Å². The molecular weight excluding hydrogens is 286 g/mol. The zero-order chi connectivity index (χ0) is 15.6. The van der Waals surface area contributed by atoms with Crippen molar-refractivity contribution < 1.29 is 28.5 Å². The fourth-order valence-electron chi connectivity index (χ4n) is 1.28. The Kier molecular flexibility index (Phi) is 4.74. The number of nitrogens with one attached hydrogen (secondary N) is 1. The van der Waals surface area contributed by atoms with E-state index >= 15 is 0 Å². The summed E-state index contributed by atoms with van der Waals surface area (Å²) in [5.41, 5.74) is -1.13. The third-order valence-corrected chi connectivity index (χ3v) is 4.08. The van der Waals surface area contributed by atoms with Crippen LogP contribution in [0, 0.1) is 5.41 Å². The average molecular weight is 303 g/mol. The molecule has 0 atom stereocenters. The fourth-order valence-corrected chi connectivity index (χ4v) is 2.55. The molecule has 7 nitrogen and oxygen atoms in total. The third-order valence-electron chi connectivity index (χ3n) is 2.68. The molecule has 8 heteroatoms. The second kappa shape index (κ2) is 5.78. The van der Waals surface area contributed by atoms with Gasteiger partial charge in [-0.2, -0.15) is 0 Å². The number of rotatable bonds is 6. The summed E-state index contributed by atoms with van der Waals surface area (Å²) in [5.74, 6) is -1.93. The molecule has 0 aromatic heterocycles. The summed E-state index contributed by atoms with van der Waals surface area (Å²) in [7, 11) is -3.91. The molecule has 0 fully saturated rings. The predicted octanol–water partition coefficient (Wildman–Crippen LogP) is 0.387. The first kappa shape index (κ1) is 16.4. The van der Waals surface area contributed by atoms with E-state index in [1.165, 1.54) is 0 Å². The number of aromatic carboxylic acids is 1. The largest absolute Gasteiger partial charge is 0.507 e. The molecule has 0 heterocycles. The molecule has 0 spiro atoms. The van der Waals surface area contributed by atoms with Gasteiger partial charge >= 0.3 is 5.97 Å². The van der Waals surface area contributed by atoms with Crippen molar-refractivity contribution in [3.63, 3.8) is 0 Å². The Labute approximate surface area is 116 Å². The fraction of sp³-hybridized carbons (Fsp3) is 0.417. The van der Waals surface area contributed by atoms with Crippen LogP contribution in [0.5, 0.6) is 5.75 Å². The maximum atomic E-state index is 12.0. The highest BCUT2D eigenvalue weighted by molar-refractivity contribution is 7.89. The zero-order valence-electron chi connectivity index (χ0n) is 11.1. The number of aliphatic hydroxyl groups excluding tert-OH is 1. The minimum Gasteiger partial charge on any atom is -0.507 e. The van der Waals surface area contributed by atoms with Crippen LogP contribution in [0.4, 0.5) is 0 Å². The van der Waals surface area contributed by atoms with Gasteiger partial charge in [0.1, 0.15) is 11.3 Å². The van der Waals surface area contributed by atoms with Gasteiger partial charge in [0, 0.05) is 18.6 Å².